The van der Waals surface area contributed by atoms with Crippen molar-refractivity contribution in [1.29, 1.82) is 0 Å². The topological polar surface area (TPSA) is 69.6 Å². The fourth-order valence-electron chi connectivity index (χ4n) is 2.39. The molecule has 2 rings (SSSR count). The summed E-state index contributed by atoms with van der Waals surface area (Å²) in [5.74, 6) is -1.68. The number of rotatable bonds is 4. The van der Waals surface area contributed by atoms with Gasteiger partial charge in [0, 0.05) is 13.6 Å². The van der Waals surface area contributed by atoms with Gasteiger partial charge in [0.2, 0.25) is 5.91 Å². The number of likely N-dealkylation sites (N-methyl/N-ethyl adjacent to an activating group) is 1. The molecule has 114 valence electrons. The van der Waals surface area contributed by atoms with Gasteiger partial charge in [-0.15, -0.1) is 0 Å². The fourth-order valence-corrected chi connectivity index (χ4v) is 2.51. The highest BCUT2D eigenvalue weighted by Gasteiger charge is 2.34. The Morgan fingerprint density at radius 1 is 1.43 bits per heavy atom. The van der Waals surface area contributed by atoms with Gasteiger partial charge in [0.1, 0.15) is 11.9 Å². The van der Waals surface area contributed by atoms with Crippen molar-refractivity contribution in [3.63, 3.8) is 0 Å². The first-order chi connectivity index (χ1) is 9.88. The molecular formula is C14H16ClFN2O3. The number of halogens is 2. The molecule has 0 aliphatic carbocycles. The zero-order valence-corrected chi connectivity index (χ0v) is 12.2. The zero-order valence-electron chi connectivity index (χ0n) is 11.5. The maximum absolute atomic E-state index is 13.4. The van der Waals surface area contributed by atoms with E-state index in [1.807, 2.05) is 0 Å². The van der Waals surface area contributed by atoms with Gasteiger partial charge in [-0.2, -0.15) is 0 Å². The van der Waals surface area contributed by atoms with Crippen molar-refractivity contribution in [2.24, 2.45) is 0 Å². The number of aliphatic carboxylic acids is 1. The summed E-state index contributed by atoms with van der Waals surface area (Å²) >= 11 is 5.61. The zero-order chi connectivity index (χ0) is 15.6. The van der Waals surface area contributed by atoms with Crippen LogP contribution in [0.25, 0.3) is 0 Å². The lowest BCUT2D eigenvalue weighted by molar-refractivity contribution is -0.139. The number of carbonyl (C=O) groups is 2. The molecule has 1 heterocycles. The van der Waals surface area contributed by atoms with Gasteiger partial charge in [-0.25, -0.2) is 4.39 Å². The molecular weight excluding hydrogens is 299 g/mol. The maximum atomic E-state index is 13.4. The number of carboxylic acids is 1. The molecule has 1 saturated heterocycles. The van der Waals surface area contributed by atoms with Crippen LogP contribution in [-0.4, -0.2) is 41.0 Å². The highest BCUT2D eigenvalue weighted by atomic mass is 35.5. The van der Waals surface area contributed by atoms with Crippen LogP contribution in [0.4, 0.5) is 4.39 Å². The second-order valence-electron chi connectivity index (χ2n) is 5.13. The molecule has 7 heteroatoms. The molecule has 0 aromatic heterocycles. The average Bonchev–Trinajstić information content (AvgIpc) is 2.92. The summed E-state index contributed by atoms with van der Waals surface area (Å²) in [4.78, 5) is 24.5. The normalized spacial score (nSPS) is 21.3. The number of nitrogens with one attached hydrogen (secondary N) is 1. The van der Waals surface area contributed by atoms with E-state index in [1.54, 1.807) is 13.1 Å². The summed E-state index contributed by atoms with van der Waals surface area (Å²) in [5.41, 5.74) is 0.625. The third-order valence-electron chi connectivity index (χ3n) is 3.52. The molecule has 5 nitrogen and oxygen atoms in total. The Hall–Kier alpha value is -1.66. The molecule has 0 radical (unpaired) electrons. The van der Waals surface area contributed by atoms with Crippen molar-refractivity contribution in [3.05, 3.63) is 34.6 Å². The second-order valence-corrected chi connectivity index (χ2v) is 5.54. The molecule has 1 amide bonds. The van der Waals surface area contributed by atoms with Crippen molar-refractivity contribution < 1.29 is 19.1 Å². The average molecular weight is 315 g/mol. The van der Waals surface area contributed by atoms with Crippen LogP contribution in [0.5, 0.6) is 0 Å². The number of nitrogens with zero attached hydrogens (tertiary/aromatic N) is 1. The van der Waals surface area contributed by atoms with Crippen molar-refractivity contribution >= 4 is 23.5 Å². The van der Waals surface area contributed by atoms with Gasteiger partial charge >= 0.3 is 5.97 Å². The van der Waals surface area contributed by atoms with Crippen LogP contribution in [0.3, 0.4) is 0 Å². The minimum atomic E-state index is -0.951. The van der Waals surface area contributed by atoms with Gasteiger partial charge < -0.3 is 10.0 Å². The third kappa shape index (κ3) is 3.71. The molecule has 2 atom stereocenters. The van der Waals surface area contributed by atoms with Gasteiger partial charge in [0.25, 0.3) is 0 Å². The van der Waals surface area contributed by atoms with E-state index in [-0.39, 0.29) is 17.5 Å². The largest absolute Gasteiger partial charge is 0.480 e. The molecule has 1 aromatic rings. The standard InChI is InChI=1S/C14H16ClFN2O3/c1-18(7-8-2-3-9(15)10(16)6-8)13(19)11-4-5-12(17-11)14(20)21/h2-3,6,11-12,17H,4-5,7H2,1H3,(H,20,21)/t11-,12+/m1/s1. The molecule has 1 aliphatic heterocycles. The van der Waals surface area contributed by atoms with Crippen LogP contribution in [0.15, 0.2) is 18.2 Å². The molecule has 1 fully saturated rings. The molecule has 2 N–H and O–H groups in total. The second kappa shape index (κ2) is 6.41. The number of benzene rings is 1. The summed E-state index contributed by atoms with van der Waals surface area (Å²) in [6.45, 7) is 0.239. The molecule has 21 heavy (non-hydrogen) atoms. The predicted molar refractivity (Wildman–Crippen MR) is 75.5 cm³/mol. The number of amides is 1. The summed E-state index contributed by atoms with van der Waals surface area (Å²) in [6.07, 6.45) is 0.907. The van der Waals surface area contributed by atoms with Crippen LogP contribution in [0.2, 0.25) is 5.02 Å². The van der Waals surface area contributed by atoms with Crippen molar-refractivity contribution in [2.75, 3.05) is 7.05 Å². The number of carboxylic acid groups (broad SMARTS) is 1. The van der Waals surface area contributed by atoms with Crippen LogP contribution in [0, 0.1) is 5.82 Å². The molecule has 0 unspecified atom stereocenters. The Labute approximate surface area is 126 Å². The van der Waals surface area contributed by atoms with Crippen molar-refractivity contribution in [1.82, 2.24) is 10.2 Å². The fraction of sp³-hybridized carbons (Fsp3) is 0.429. The van der Waals surface area contributed by atoms with E-state index < -0.39 is 23.9 Å². The Morgan fingerprint density at radius 3 is 2.67 bits per heavy atom. The van der Waals surface area contributed by atoms with Crippen LogP contribution >= 0.6 is 11.6 Å². The molecule has 0 saturated carbocycles. The first-order valence-corrected chi connectivity index (χ1v) is 6.94. The van der Waals surface area contributed by atoms with Crippen LogP contribution in [-0.2, 0) is 16.1 Å². The molecule has 1 aliphatic rings. The monoisotopic (exact) mass is 314 g/mol. The van der Waals surface area contributed by atoms with E-state index in [0.717, 1.165) is 0 Å². The van der Waals surface area contributed by atoms with E-state index in [4.69, 9.17) is 16.7 Å². The number of carbonyl (C=O) groups excluding carboxylic acids is 1. The number of hydrogen-bond donors (Lipinski definition) is 2. The minimum absolute atomic E-state index is 0.0366. The van der Waals surface area contributed by atoms with E-state index >= 15 is 0 Å². The highest BCUT2D eigenvalue weighted by Crippen LogP contribution is 2.18. The minimum Gasteiger partial charge on any atom is -0.480 e. The van der Waals surface area contributed by atoms with Gasteiger partial charge in [0.05, 0.1) is 11.1 Å². The van der Waals surface area contributed by atoms with Gasteiger partial charge in [-0.3, -0.25) is 14.9 Å². The summed E-state index contributed by atoms with van der Waals surface area (Å²) < 4.78 is 13.4. The summed E-state index contributed by atoms with van der Waals surface area (Å²) in [6, 6.07) is 3.19. The van der Waals surface area contributed by atoms with Gasteiger partial charge in [-0.05, 0) is 30.5 Å². The Morgan fingerprint density at radius 2 is 2.10 bits per heavy atom. The van der Waals surface area contributed by atoms with Crippen molar-refractivity contribution in [2.45, 2.75) is 31.5 Å². The molecule has 0 bridgehead atoms. The van der Waals surface area contributed by atoms with E-state index in [9.17, 15) is 14.0 Å². The maximum Gasteiger partial charge on any atom is 0.320 e. The molecule has 0 spiro atoms. The SMILES string of the molecule is CN(Cc1ccc(Cl)c(F)c1)C(=O)[C@H]1CC[C@@H](C(=O)O)N1. The smallest absolute Gasteiger partial charge is 0.320 e. The van der Waals surface area contributed by atoms with Crippen molar-refractivity contribution in [3.8, 4) is 0 Å². The number of hydrogen-bond acceptors (Lipinski definition) is 3. The highest BCUT2D eigenvalue weighted by molar-refractivity contribution is 6.30. The lowest BCUT2D eigenvalue weighted by Crippen LogP contribution is -2.45. The van der Waals surface area contributed by atoms with Crippen LogP contribution in [0.1, 0.15) is 18.4 Å². The summed E-state index contributed by atoms with van der Waals surface area (Å²) in [7, 11) is 1.60. The summed E-state index contributed by atoms with van der Waals surface area (Å²) in [5, 5.41) is 11.7. The van der Waals surface area contributed by atoms with E-state index in [0.29, 0.717) is 18.4 Å². The third-order valence-corrected chi connectivity index (χ3v) is 3.83. The van der Waals surface area contributed by atoms with Gasteiger partial charge in [-0.1, -0.05) is 17.7 Å². The van der Waals surface area contributed by atoms with Gasteiger partial charge in [0.15, 0.2) is 0 Å². The molecule has 1 aromatic carbocycles. The Bertz CT molecular complexity index is 567. The van der Waals surface area contributed by atoms with Crippen LogP contribution < -0.4 is 5.32 Å². The quantitative estimate of drug-likeness (QED) is 0.886. The lowest BCUT2D eigenvalue weighted by atomic mass is 10.1. The lowest BCUT2D eigenvalue weighted by Gasteiger charge is -2.21. The van der Waals surface area contributed by atoms with E-state index in [1.165, 1.54) is 17.0 Å². The first kappa shape index (κ1) is 15.7. The Balaban J connectivity index is 1.96. The predicted octanol–water partition coefficient (Wildman–Crippen LogP) is 1.64. The first-order valence-electron chi connectivity index (χ1n) is 6.56. The van der Waals surface area contributed by atoms with E-state index in [2.05, 4.69) is 5.32 Å². The Kier molecular flexibility index (Phi) is 4.80.